The summed E-state index contributed by atoms with van der Waals surface area (Å²) in [5.41, 5.74) is 0. The van der Waals surface area contributed by atoms with Crippen LogP contribution >= 0.6 is 0 Å². The Morgan fingerprint density at radius 2 is 1.24 bits per heavy atom. The van der Waals surface area contributed by atoms with Crippen LogP contribution in [0, 0.1) is 6.92 Å². The summed E-state index contributed by atoms with van der Waals surface area (Å²) in [6, 6.07) is 12.0. The molecule has 2 N–H and O–H groups in total. The van der Waals surface area contributed by atoms with E-state index in [-0.39, 0.29) is 18.6 Å². The van der Waals surface area contributed by atoms with Gasteiger partial charge in [0.15, 0.2) is 5.97 Å². The van der Waals surface area contributed by atoms with Crippen molar-refractivity contribution in [3.8, 4) is 0 Å². The average molecular weight is 274 g/mol. The largest absolute Gasteiger partial charge is 0.503 e. The summed E-state index contributed by atoms with van der Waals surface area (Å²) < 4.78 is 0. The molecule has 0 unspecified atom stereocenters. The molecule has 1 radical (unpaired) electrons. The van der Waals surface area contributed by atoms with Crippen molar-refractivity contribution in [1.82, 2.24) is 0 Å². The Hall–Kier alpha value is -1.65. The summed E-state index contributed by atoms with van der Waals surface area (Å²) in [5.74, 6) is -1.97. The van der Waals surface area contributed by atoms with Crippen molar-refractivity contribution in [3.63, 3.8) is 0 Å². The third-order valence-electron chi connectivity index (χ3n) is 0.976. The molecular weight excluding hydrogens is 259 g/mol. The first-order valence-corrected chi connectivity index (χ1v) is 4.41. The zero-order chi connectivity index (χ0) is 12.8. The van der Waals surface area contributed by atoms with Crippen LogP contribution in [-0.4, -0.2) is 22.2 Å². The number of aliphatic carboxylic acids is 2. The summed E-state index contributed by atoms with van der Waals surface area (Å²) in [4.78, 5) is 18.4. The minimum absolute atomic E-state index is 0. The summed E-state index contributed by atoms with van der Waals surface area (Å²) in [6.45, 7) is 4.22. The maximum absolute atomic E-state index is 9.51. The van der Waals surface area contributed by atoms with Crippen LogP contribution in [0.2, 0.25) is 0 Å². The Morgan fingerprint density at radius 3 is 1.29 bits per heavy atom. The molecule has 1 aromatic rings. The second-order valence-electron chi connectivity index (χ2n) is 2.39. The monoisotopic (exact) mass is 274 g/mol. The number of carboxylic acids is 2. The molecular formula is C12H15O4V-. The van der Waals surface area contributed by atoms with Crippen LogP contribution < -0.4 is 0 Å². The second-order valence-corrected chi connectivity index (χ2v) is 2.39. The van der Waals surface area contributed by atoms with Gasteiger partial charge in [-0.1, -0.05) is 42.5 Å². The molecule has 0 aromatic heterocycles. The summed E-state index contributed by atoms with van der Waals surface area (Å²) >= 11 is 0. The molecule has 0 amide bonds. The van der Waals surface area contributed by atoms with Gasteiger partial charge in [-0.15, -0.1) is 0 Å². The number of carboxylic acid groups (broad SMARTS) is 2. The number of rotatable bonds is 1. The van der Waals surface area contributed by atoms with Gasteiger partial charge < -0.3 is 10.2 Å². The van der Waals surface area contributed by atoms with Gasteiger partial charge in [0.2, 0.25) is 0 Å². The van der Waals surface area contributed by atoms with Gasteiger partial charge in [-0.25, -0.2) is 4.79 Å². The van der Waals surface area contributed by atoms with E-state index in [1.54, 1.807) is 6.92 Å². The number of allylic oxidation sites excluding steroid dienone is 1. The first-order chi connectivity index (χ1) is 7.50. The van der Waals surface area contributed by atoms with Gasteiger partial charge in [-0.3, -0.25) is 11.7 Å². The average Bonchev–Trinajstić information content (AvgIpc) is 2.20. The number of carbonyl (C=O) groups is 2. The van der Waals surface area contributed by atoms with Crippen molar-refractivity contribution < 1.29 is 38.4 Å². The summed E-state index contributed by atoms with van der Waals surface area (Å²) in [5, 5.41) is 15.1. The second kappa shape index (κ2) is 16.8. The fraction of sp³-hybridized carbons (Fsp3) is 0.0833. The maximum atomic E-state index is 9.51. The molecule has 0 aliphatic heterocycles. The fourth-order valence-electron chi connectivity index (χ4n) is 0.527. The first kappa shape index (κ1) is 20.7. The van der Waals surface area contributed by atoms with Crippen molar-refractivity contribution >= 4 is 11.9 Å². The molecule has 0 aliphatic carbocycles. The van der Waals surface area contributed by atoms with E-state index in [1.807, 2.05) is 36.4 Å². The van der Waals surface area contributed by atoms with Crippen molar-refractivity contribution in [2.75, 3.05) is 0 Å². The molecule has 0 heterocycles. The molecule has 0 aliphatic rings. The smallest absolute Gasteiger partial charge is 0.327 e. The van der Waals surface area contributed by atoms with E-state index in [9.17, 15) is 4.79 Å². The van der Waals surface area contributed by atoms with Crippen molar-refractivity contribution in [3.05, 3.63) is 55.5 Å². The van der Waals surface area contributed by atoms with Crippen LogP contribution in [0.15, 0.2) is 48.6 Å². The van der Waals surface area contributed by atoms with E-state index in [1.165, 1.54) is 6.08 Å². The molecule has 0 saturated heterocycles. The van der Waals surface area contributed by atoms with Crippen LogP contribution in [0.25, 0.3) is 0 Å². The molecule has 0 spiro atoms. The van der Waals surface area contributed by atoms with Crippen LogP contribution in [0.1, 0.15) is 6.92 Å². The van der Waals surface area contributed by atoms with E-state index in [0.29, 0.717) is 0 Å². The first-order valence-electron chi connectivity index (χ1n) is 4.41. The third kappa shape index (κ3) is 40.5. The van der Waals surface area contributed by atoms with E-state index < -0.39 is 11.9 Å². The van der Waals surface area contributed by atoms with Crippen LogP contribution in [0.3, 0.4) is 0 Å². The van der Waals surface area contributed by atoms with Crippen molar-refractivity contribution in [2.45, 2.75) is 6.92 Å². The normalized spacial score (nSPS) is 7.59. The van der Waals surface area contributed by atoms with Crippen LogP contribution in [0.5, 0.6) is 0 Å². The molecule has 17 heavy (non-hydrogen) atoms. The topological polar surface area (TPSA) is 74.6 Å². The van der Waals surface area contributed by atoms with Crippen molar-refractivity contribution in [2.24, 2.45) is 0 Å². The van der Waals surface area contributed by atoms with Gasteiger partial charge in [0.1, 0.15) is 0 Å². The summed E-state index contributed by atoms with van der Waals surface area (Å²) in [7, 11) is 0. The molecule has 0 fully saturated rings. The summed E-state index contributed by atoms with van der Waals surface area (Å²) in [6.07, 6.45) is 2.56. The van der Waals surface area contributed by atoms with Crippen LogP contribution in [0.4, 0.5) is 0 Å². The Labute approximate surface area is 113 Å². The van der Waals surface area contributed by atoms with E-state index in [4.69, 9.17) is 15.0 Å². The molecule has 93 valence electrons. The number of hydrogen-bond donors (Lipinski definition) is 2. The minimum atomic E-state index is -1.08. The van der Waals surface area contributed by atoms with Gasteiger partial charge in [-0.05, 0) is 6.92 Å². The van der Waals surface area contributed by atoms with E-state index >= 15 is 0 Å². The van der Waals surface area contributed by atoms with E-state index in [2.05, 4.69) is 6.92 Å². The van der Waals surface area contributed by atoms with Gasteiger partial charge in [-0.2, -0.15) is 0 Å². The third-order valence-corrected chi connectivity index (χ3v) is 0.976. The van der Waals surface area contributed by atoms with Gasteiger partial charge in [0, 0.05) is 24.6 Å². The zero-order valence-corrected chi connectivity index (χ0v) is 10.9. The molecule has 5 heteroatoms. The molecule has 0 bridgehead atoms. The predicted octanol–water partition coefficient (Wildman–Crippen LogP) is 2.24. The van der Waals surface area contributed by atoms with E-state index in [0.717, 1.165) is 6.08 Å². The predicted molar refractivity (Wildman–Crippen MR) is 61.9 cm³/mol. The quantitative estimate of drug-likeness (QED) is 0.608. The SMILES string of the molecule is CC=CC(=O)O.[CH2-]C(=O)O.[V].c1ccccc1. The number of hydrogen-bond acceptors (Lipinski definition) is 2. The van der Waals surface area contributed by atoms with Crippen molar-refractivity contribution in [1.29, 1.82) is 0 Å². The zero-order valence-electron chi connectivity index (χ0n) is 9.48. The van der Waals surface area contributed by atoms with Gasteiger partial charge >= 0.3 is 5.97 Å². The Bertz CT molecular complexity index is 279. The maximum Gasteiger partial charge on any atom is 0.327 e. The standard InChI is InChI=1S/C6H6.C4H6O2.C2H3O2.V/c1-2-4-6-5-3-1;1-2-3-4(5)6;1-2(3)4;/h1-6H;2-3H,1H3,(H,5,6);1H2,(H,3,4);/q;;-1;. The van der Waals surface area contributed by atoms with Crippen LogP contribution in [-0.2, 0) is 28.1 Å². The Balaban J connectivity index is -0.000000172. The Morgan fingerprint density at radius 1 is 1.00 bits per heavy atom. The minimum Gasteiger partial charge on any atom is -0.503 e. The number of benzene rings is 1. The van der Waals surface area contributed by atoms with Gasteiger partial charge in [0.25, 0.3) is 0 Å². The molecule has 1 rings (SSSR count). The Kier molecular flexibility index (Phi) is 20.5. The fourth-order valence-corrected chi connectivity index (χ4v) is 0.527. The van der Waals surface area contributed by atoms with Gasteiger partial charge in [0.05, 0.1) is 0 Å². The molecule has 4 nitrogen and oxygen atoms in total. The molecule has 1 aromatic carbocycles. The molecule has 0 saturated carbocycles. The molecule has 0 atom stereocenters.